The van der Waals surface area contributed by atoms with Gasteiger partial charge in [0.1, 0.15) is 5.75 Å². The maximum Gasteiger partial charge on any atom is 0.231 e. The van der Waals surface area contributed by atoms with Gasteiger partial charge in [0.15, 0.2) is 11.5 Å². The van der Waals surface area contributed by atoms with Gasteiger partial charge in [-0.2, -0.15) is 0 Å². The van der Waals surface area contributed by atoms with Crippen LogP contribution in [0.15, 0.2) is 12.1 Å². The Labute approximate surface area is 121 Å². The number of rotatable bonds is 7. The van der Waals surface area contributed by atoms with Gasteiger partial charge in [0.25, 0.3) is 0 Å². The van der Waals surface area contributed by atoms with Crippen LogP contribution in [0.1, 0.15) is 39.2 Å². The third kappa shape index (κ3) is 3.37. The molecule has 1 aliphatic heterocycles. The molecule has 2 rings (SSSR count). The van der Waals surface area contributed by atoms with Crippen LogP contribution in [-0.2, 0) is 6.54 Å². The van der Waals surface area contributed by atoms with Gasteiger partial charge in [0.2, 0.25) is 6.79 Å². The molecule has 0 fully saturated rings. The van der Waals surface area contributed by atoms with E-state index in [-0.39, 0.29) is 12.5 Å². The highest BCUT2D eigenvalue weighted by atomic mass is 16.7. The molecule has 0 atom stereocenters. The monoisotopic (exact) mass is 279 g/mol. The minimum atomic E-state index is 0.240. The molecule has 1 heterocycles. The Kier molecular flexibility index (Phi) is 5.12. The van der Waals surface area contributed by atoms with Gasteiger partial charge in [-0.15, -0.1) is 0 Å². The van der Waals surface area contributed by atoms with Gasteiger partial charge in [-0.05, 0) is 18.5 Å². The zero-order valence-electron chi connectivity index (χ0n) is 12.7. The minimum Gasteiger partial charge on any atom is -0.507 e. The molecule has 0 radical (unpaired) electrons. The molecule has 0 unspecified atom stereocenters. The number of phenols is 1. The lowest BCUT2D eigenvalue weighted by Gasteiger charge is -2.25. The highest BCUT2D eigenvalue weighted by Crippen LogP contribution is 2.38. The SMILES string of the molecule is CCC(CC)CN(CC)Cc1cc2c(cc1O)OCO2. The van der Waals surface area contributed by atoms with Crippen molar-refractivity contribution in [1.29, 1.82) is 0 Å². The molecule has 1 N–H and O–H groups in total. The van der Waals surface area contributed by atoms with E-state index < -0.39 is 0 Å². The molecule has 0 saturated heterocycles. The Bertz CT molecular complexity index is 444. The maximum atomic E-state index is 10.1. The van der Waals surface area contributed by atoms with Crippen LogP contribution in [0.4, 0.5) is 0 Å². The largest absolute Gasteiger partial charge is 0.507 e. The lowest BCUT2D eigenvalue weighted by atomic mass is 10.0. The molecular formula is C16H25NO3. The summed E-state index contributed by atoms with van der Waals surface area (Å²) in [5.74, 6) is 2.37. The van der Waals surface area contributed by atoms with Crippen LogP contribution in [0, 0.1) is 5.92 Å². The van der Waals surface area contributed by atoms with E-state index in [1.807, 2.05) is 6.07 Å². The summed E-state index contributed by atoms with van der Waals surface area (Å²) in [6.45, 7) is 9.66. The van der Waals surface area contributed by atoms with E-state index in [2.05, 4.69) is 25.7 Å². The highest BCUT2D eigenvalue weighted by Gasteiger charge is 2.19. The topological polar surface area (TPSA) is 41.9 Å². The van der Waals surface area contributed by atoms with Crippen molar-refractivity contribution < 1.29 is 14.6 Å². The van der Waals surface area contributed by atoms with Gasteiger partial charge in [-0.25, -0.2) is 0 Å². The zero-order chi connectivity index (χ0) is 14.5. The number of ether oxygens (including phenoxy) is 2. The number of fused-ring (bicyclic) bond motifs is 1. The summed E-state index contributed by atoms with van der Waals surface area (Å²) < 4.78 is 10.6. The first-order valence-corrected chi connectivity index (χ1v) is 7.51. The second kappa shape index (κ2) is 6.84. The van der Waals surface area contributed by atoms with Crippen LogP contribution in [0.2, 0.25) is 0 Å². The predicted octanol–water partition coefficient (Wildman–Crippen LogP) is 3.38. The zero-order valence-corrected chi connectivity index (χ0v) is 12.7. The average molecular weight is 279 g/mol. The van der Waals surface area contributed by atoms with Crippen LogP contribution in [0.3, 0.4) is 0 Å². The predicted molar refractivity (Wildman–Crippen MR) is 79.3 cm³/mol. The number of hydrogen-bond donors (Lipinski definition) is 1. The summed E-state index contributed by atoms with van der Waals surface area (Å²) in [6, 6.07) is 3.55. The van der Waals surface area contributed by atoms with Crippen LogP contribution in [-0.4, -0.2) is 29.9 Å². The van der Waals surface area contributed by atoms with Gasteiger partial charge >= 0.3 is 0 Å². The first-order chi connectivity index (χ1) is 9.67. The van der Waals surface area contributed by atoms with E-state index >= 15 is 0 Å². The second-order valence-electron chi connectivity index (χ2n) is 5.34. The van der Waals surface area contributed by atoms with Crippen LogP contribution >= 0.6 is 0 Å². The number of benzene rings is 1. The fraction of sp³-hybridized carbons (Fsp3) is 0.625. The number of nitrogens with zero attached hydrogens (tertiary/aromatic N) is 1. The average Bonchev–Trinajstić information content (AvgIpc) is 2.90. The molecule has 112 valence electrons. The third-order valence-corrected chi connectivity index (χ3v) is 4.09. The molecule has 0 amide bonds. The van der Waals surface area contributed by atoms with Crippen molar-refractivity contribution in [2.24, 2.45) is 5.92 Å². The second-order valence-corrected chi connectivity index (χ2v) is 5.34. The van der Waals surface area contributed by atoms with E-state index in [9.17, 15) is 5.11 Å². The standard InChI is InChI=1S/C16H25NO3/c1-4-12(5-2)9-17(6-3)10-13-7-15-16(8-14(13)18)20-11-19-15/h7-8,12,18H,4-6,9-11H2,1-3H3. The Morgan fingerprint density at radius 1 is 1.15 bits per heavy atom. The van der Waals surface area contributed by atoms with Crippen molar-refractivity contribution >= 4 is 0 Å². The summed E-state index contributed by atoms with van der Waals surface area (Å²) >= 11 is 0. The molecule has 20 heavy (non-hydrogen) atoms. The van der Waals surface area contributed by atoms with Crippen molar-refractivity contribution in [3.8, 4) is 17.2 Å². The Morgan fingerprint density at radius 2 is 1.80 bits per heavy atom. The van der Waals surface area contributed by atoms with Gasteiger partial charge in [0.05, 0.1) is 0 Å². The normalized spacial score (nSPS) is 13.4. The lowest BCUT2D eigenvalue weighted by Crippen LogP contribution is -2.28. The molecule has 0 bridgehead atoms. The van der Waals surface area contributed by atoms with Crippen molar-refractivity contribution in [3.05, 3.63) is 17.7 Å². The molecule has 0 spiro atoms. The van der Waals surface area contributed by atoms with Crippen LogP contribution in [0.5, 0.6) is 17.2 Å². The van der Waals surface area contributed by atoms with Gasteiger partial charge in [-0.3, -0.25) is 4.90 Å². The van der Waals surface area contributed by atoms with E-state index in [0.717, 1.165) is 30.9 Å². The Morgan fingerprint density at radius 3 is 2.40 bits per heavy atom. The van der Waals surface area contributed by atoms with E-state index in [1.54, 1.807) is 6.07 Å². The summed E-state index contributed by atoms with van der Waals surface area (Å²) in [5.41, 5.74) is 0.905. The summed E-state index contributed by atoms with van der Waals surface area (Å²) in [7, 11) is 0. The number of phenolic OH excluding ortho intramolecular Hbond substituents is 1. The molecule has 4 nitrogen and oxygen atoms in total. The molecule has 1 aromatic carbocycles. The van der Waals surface area contributed by atoms with Crippen LogP contribution < -0.4 is 9.47 Å². The number of hydrogen-bond acceptors (Lipinski definition) is 4. The fourth-order valence-electron chi connectivity index (χ4n) is 2.56. The molecule has 0 saturated carbocycles. The quantitative estimate of drug-likeness (QED) is 0.831. The van der Waals surface area contributed by atoms with E-state index in [0.29, 0.717) is 11.7 Å². The van der Waals surface area contributed by atoms with Gasteiger partial charge in [0, 0.05) is 24.7 Å². The minimum absolute atomic E-state index is 0.240. The molecule has 4 heteroatoms. The molecule has 0 aliphatic carbocycles. The maximum absolute atomic E-state index is 10.1. The molecular weight excluding hydrogens is 254 g/mol. The molecule has 1 aromatic rings. The lowest BCUT2D eigenvalue weighted by molar-refractivity contribution is 0.173. The van der Waals surface area contributed by atoms with Gasteiger partial charge in [-0.1, -0.05) is 33.6 Å². The molecule has 0 aromatic heterocycles. The summed E-state index contributed by atoms with van der Waals surface area (Å²) in [6.07, 6.45) is 2.39. The van der Waals surface area contributed by atoms with Gasteiger partial charge < -0.3 is 14.6 Å². The molecule has 1 aliphatic rings. The Hall–Kier alpha value is -1.42. The van der Waals surface area contributed by atoms with E-state index in [4.69, 9.17) is 9.47 Å². The fourth-order valence-corrected chi connectivity index (χ4v) is 2.56. The summed E-state index contributed by atoms with van der Waals surface area (Å²) in [5, 5.41) is 10.1. The van der Waals surface area contributed by atoms with E-state index in [1.165, 1.54) is 12.8 Å². The number of aromatic hydroxyl groups is 1. The third-order valence-electron chi connectivity index (χ3n) is 4.09. The smallest absolute Gasteiger partial charge is 0.231 e. The first kappa shape index (κ1) is 15.0. The Balaban J connectivity index is 2.07. The first-order valence-electron chi connectivity index (χ1n) is 7.51. The van der Waals surface area contributed by atoms with Crippen molar-refractivity contribution in [3.63, 3.8) is 0 Å². The highest BCUT2D eigenvalue weighted by molar-refractivity contribution is 5.51. The van der Waals surface area contributed by atoms with Crippen molar-refractivity contribution in [2.45, 2.75) is 40.2 Å². The summed E-state index contributed by atoms with van der Waals surface area (Å²) in [4.78, 5) is 2.37. The van der Waals surface area contributed by atoms with Crippen LogP contribution in [0.25, 0.3) is 0 Å². The van der Waals surface area contributed by atoms with Crippen molar-refractivity contribution in [2.75, 3.05) is 19.9 Å². The van der Waals surface area contributed by atoms with Crippen molar-refractivity contribution in [1.82, 2.24) is 4.90 Å².